The highest BCUT2D eigenvalue weighted by Crippen LogP contribution is 2.14. The van der Waals surface area contributed by atoms with Crippen molar-refractivity contribution in [1.82, 2.24) is 5.32 Å². The van der Waals surface area contributed by atoms with Crippen LogP contribution in [0.5, 0.6) is 0 Å². The van der Waals surface area contributed by atoms with Gasteiger partial charge in [0, 0.05) is 6.42 Å². The minimum Gasteiger partial charge on any atom is -0.394 e. The minimum atomic E-state index is -0.658. The van der Waals surface area contributed by atoms with Crippen molar-refractivity contribution in [3.63, 3.8) is 0 Å². The van der Waals surface area contributed by atoms with Gasteiger partial charge in [-0.25, -0.2) is 0 Å². The predicted molar refractivity (Wildman–Crippen MR) is 184 cm³/mol. The van der Waals surface area contributed by atoms with Crippen LogP contribution in [-0.4, -0.2) is 34.9 Å². The second-order valence-electron chi connectivity index (χ2n) is 11.9. The number of nitrogens with one attached hydrogen (secondary N) is 1. The Hall–Kier alpha value is -1.65. The van der Waals surface area contributed by atoms with E-state index in [-0.39, 0.29) is 12.5 Å². The zero-order chi connectivity index (χ0) is 30.8. The highest BCUT2D eigenvalue weighted by molar-refractivity contribution is 5.76. The van der Waals surface area contributed by atoms with E-state index in [1.165, 1.54) is 89.9 Å². The van der Waals surface area contributed by atoms with E-state index in [1.54, 1.807) is 0 Å². The topological polar surface area (TPSA) is 69.6 Å². The fourth-order valence-corrected chi connectivity index (χ4v) is 5.11. The zero-order valence-electron chi connectivity index (χ0n) is 27.8. The van der Waals surface area contributed by atoms with Crippen LogP contribution in [0.2, 0.25) is 0 Å². The number of hydrogen-bond acceptors (Lipinski definition) is 3. The average Bonchev–Trinajstić information content (AvgIpc) is 2.99. The summed E-state index contributed by atoms with van der Waals surface area (Å²) in [5.74, 6) is -0.0436. The van der Waals surface area contributed by atoms with Crippen LogP contribution in [0.4, 0.5) is 0 Å². The third-order valence-electron chi connectivity index (χ3n) is 7.85. The molecule has 2 atom stereocenters. The molecule has 0 aliphatic rings. The van der Waals surface area contributed by atoms with E-state index in [4.69, 9.17) is 0 Å². The summed E-state index contributed by atoms with van der Waals surface area (Å²) in [6, 6.07) is -0.536. The maximum Gasteiger partial charge on any atom is 0.220 e. The van der Waals surface area contributed by atoms with E-state index in [1.807, 2.05) is 0 Å². The molecule has 42 heavy (non-hydrogen) atoms. The average molecular weight is 588 g/mol. The standard InChI is InChI=1S/C38H69NO3/c1-3-5-7-9-11-12-13-14-15-16-17-18-19-20-21-22-23-24-25-26-28-30-32-34-38(42)39-36(35-40)37(41)33-31-29-27-10-8-6-4-2/h5,7,11-12,14-15,17-18,36-37,40-41H,3-4,6,8-10,13,16,19-35H2,1-2H3,(H,39,42)/b7-5-,12-11-,15-14-,18-17-. The van der Waals surface area contributed by atoms with E-state index in [9.17, 15) is 15.0 Å². The molecule has 3 N–H and O–H groups in total. The second kappa shape index (κ2) is 33.8. The molecule has 0 radical (unpaired) electrons. The Balaban J connectivity index is 3.53. The van der Waals surface area contributed by atoms with E-state index >= 15 is 0 Å². The number of carbonyl (C=O) groups is 1. The van der Waals surface area contributed by atoms with Crippen LogP contribution in [0.1, 0.15) is 168 Å². The number of hydrogen-bond donors (Lipinski definition) is 3. The minimum absolute atomic E-state index is 0.0436. The Labute approximate surface area is 261 Å². The number of rotatable bonds is 31. The van der Waals surface area contributed by atoms with Crippen molar-refractivity contribution in [3.8, 4) is 0 Å². The second-order valence-corrected chi connectivity index (χ2v) is 11.9. The molecule has 0 aromatic rings. The molecular weight excluding hydrogens is 518 g/mol. The zero-order valence-corrected chi connectivity index (χ0v) is 27.8. The van der Waals surface area contributed by atoms with Gasteiger partial charge in [-0.05, 0) is 51.4 Å². The highest BCUT2D eigenvalue weighted by Gasteiger charge is 2.19. The lowest BCUT2D eigenvalue weighted by Crippen LogP contribution is -2.45. The molecule has 0 bridgehead atoms. The molecule has 1 amide bonds. The van der Waals surface area contributed by atoms with Gasteiger partial charge in [0.05, 0.1) is 18.8 Å². The van der Waals surface area contributed by atoms with Crippen LogP contribution in [0.3, 0.4) is 0 Å². The van der Waals surface area contributed by atoms with E-state index < -0.39 is 12.1 Å². The summed E-state index contributed by atoms with van der Waals surface area (Å²) in [7, 11) is 0. The molecule has 0 fully saturated rings. The van der Waals surface area contributed by atoms with Crippen LogP contribution < -0.4 is 5.32 Å². The number of unbranched alkanes of at least 4 members (excludes halogenated alkanes) is 16. The van der Waals surface area contributed by atoms with Crippen LogP contribution in [0, 0.1) is 0 Å². The number of amides is 1. The fraction of sp³-hybridized carbons (Fsp3) is 0.763. The summed E-state index contributed by atoms with van der Waals surface area (Å²) >= 11 is 0. The summed E-state index contributed by atoms with van der Waals surface area (Å²) in [6.45, 7) is 4.18. The first kappa shape index (κ1) is 40.4. The largest absolute Gasteiger partial charge is 0.394 e. The summed E-state index contributed by atoms with van der Waals surface area (Å²) in [5, 5.41) is 22.8. The van der Waals surface area contributed by atoms with Gasteiger partial charge in [0.25, 0.3) is 0 Å². The lowest BCUT2D eigenvalue weighted by Gasteiger charge is -2.22. The van der Waals surface area contributed by atoms with Crippen molar-refractivity contribution < 1.29 is 15.0 Å². The summed E-state index contributed by atoms with van der Waals surface area (Å²) in [6.07, 6.45) is 44.6. The van der Waals surface area contributed by atoms with Gasteiger partial charge in [0.15, 0.2) is 0 Å². The maximum absolute atomic E-state index is 12.3. The van der Waals surface area contributed by atoms with Crippen LogP contribution in [0.15, 0.2) is 48.6 Å². The first-order valence-corrected chi connectivity index (χ1v) is 17.8. The van der Waals surface area contributed by atoms with Gasteiger partial charge < -0.3 is 15.5 Å². The van der Waals surface area contributed by atoms with Crippen LogP contribution in [0.25, 0.3) is 0 Å². The van der Waals surface area contributed by atoms with Crippen molar-refractivity contribution in [1.29, 1.82) is 0 Å². The van der Waals surface area contributed by atoms with Crippen molar-refractivity contribution in [3.05, 3.63) is 48.6 Å². The molecule has 2 unspecified atom stereocenters. The van der Waals surface area contributed by atoms with Gasteiger partial charge >= 0.3 is 0 Å². The third-order valence-corrected chi connectivity index (χ3v) is 7.85. The monoisotopic (exact) mass is 588 g/mol. The Morgan fingerprint density at radius 3 is 1.57 bits per heavy atom. The van der Waals surface area contributed by atoms with Gasteiger partial charge in [0.1, 0.15) is 0 Å². The summed E-state index contributed by atoms with van der Waals surface area (Å²) < 4.78 is 0. The number of carbonyl (C=O) groups excluding carboxylic acids is 1. The summed E-state index contributed by atoms with van der Waals surface area (Å²) in [5.41, 5.74) is 0. The lowest BCUT2D eigenvalue weighted by molar-refractivity contribution is -0.123. The molecule has 0 saturated heterocycles. The molecule has 0 aliphatic carbocycles. The smallest absolute Gasteiger partial charge is 0.220 e. The molecule has 0 heterocycles. The molecule has 0 aromatic heterocycles. The molecule has 244 valence electrons. The predicted octanol–water partition coefficient (Wildman–Crippen LogP) is 10.5. The Morgan fingerprint density at radius 1 is 0.595 bits per heavy atom. The van der Waals surface area contributed by atoms with Crippen molar-refractivity contribution in [2.24, 2.45) is 0 Å². The van der Waals surface area contributed by atoms with Crippen LogP contribution in [-0.2, 0) is 4.79 Å². The molecule has 0 spiro atoms. The first-order chi connectivity index (χ1) is 20.7. The molecule has 0 aromatic carbocycles. The fourth-order valence-electron chi connectivity index (χ4n) is 5.11. The molecule has 0 rings (SSSR count). The van der Waals surface area contributed by atoms with Gasteiger partial charge in [-0.15, -0.1) is 0 Å². The summed E-state index contributed by atoms with van der Waals surface area (Å²) in [4.78, 5) is 12.3. The van der Waals surface area contributed by atoms with Crippen molar-refractivity contribution in [2.45, 2.75) is 180 Å². The van der Waals surface area contributed by atoms with E-state index in [0.717, 1.165) is 51.4 Å². The molecule has 0 aliphatic heterocycles. The Morgan fingerprint density at radius 2 is 1.05 bits per heavy atom. The molecule has 4 heteroatoms. The molecule has 0 saturated carbocycles. The van der Waals surface area contributed by atoms with Gasteiger partial charge in [-0.2, -0.15) is 0 Å². The number of aliphatic hydroxyl groups excluding tert-OH is 2. The first-order valence-electron chi connectivity index (χ1n) is 17.8. The van der Waals surface area contributed by atoms with Gasteiger partial charge in [-0.3, -0.25) is 4.79 Å². The quantitative estimate of drug-likeness (QED) is 0.0558. The third kappa shape index (κ3) is 29.8. The number of allylic oxidation sites excluding steroid dienone is 8. The van der Waals surface area contributed by atoms with Crippen molar-refractivity contribution in [2.75, 3.05) is 6.61 Å². The van der Waals surface area contributed by atoms with Crippen molar-refractivity contribution >= 4 is 5.91 Å². The maximum atomic E-state index is 12.3. The normalized spacial score (nSPS) is 13.7. The Kier molecular flexibility index (Phi) is 32.5. The molecular formula is C38H69NO3. The Bertz CT molecular complexity index is 682. The van der Waals surface area contributed by atoms with Crippen LogP contribution >= 0.6 is 0 Å². The highest BCUT2D eigenvalue weighted by atomic mass is 16.3. The SMILES string of the molecule is CC/C=C\C/C=C\C/C=C\C/C=C\CCCCCCCCCCCCC(=O)NC(CO)C(O)CCCCCCCCC. The molecule has 4 nitrogen and oxygen atoms in total. The van der Waals surface area contributed by atoms with Gasteiger partial charge in [-0.1, -0.05) is 159 Å². The van der Waals surface area contributed by atoms with E-state index in [0.29, 0.717) is 12.8 Å². The lowest BCUT2D eigenvalue weighted by atomic mass is 10.0. The number of aliphatic hydroxyl groups is 2. The van der Waals surface area contributed by atoms with E-state index in [2.05, 4.69) is 67.8 Å². The van der Waals surface area contributed by atoms with Gasteiger partial charge in [0.2, 0.25) is 5.91 Å².